The van der Waals surface area contributed by atoms with Gasteiger partial charge in [0.1, 0.15) is 5.25 Å². The molecule has 5 heteroatoms. The first kappa shape index (κ1) is 8.96. The van der Waals surface area contributed by atoms with E-state index >= 15 is 0 Å². The molecular formula is C6H13NO3S. The average Bonchev–Trinajstić information content (AvgIpc) is 2.37. The fraction of sp³-hybridized carbons (Fsp3) is 1.00. The molecule has 0 unspecified atom stereocenters. The largest absolute Gasteiger partial charge is 0.380 e. The van der Waals surface area contributed by atoms with E-state index in [0.29, 0.717) is 26.2 Å². The van der Waals surface area contributed by atoms with Gasteiger partial charge in [-0.1, -0.05) is 6.92 Å². The van der Waals surface area contributed by atoms with Crippen LogP contribution in [0.5, 0.6) is 0 Å². The number of ether oxygens (including phenoxy) is 1. The molecule has 1 aliphatic rings. The molecule has 66 valence electrons. The number of hydrogen-bond donors (Lipinski definition) is 1. The second-order valence-electron chi connectivity index (χ2n) is 2.53. The van der Waals surface area contributed by atoms with Gasteiger partial charge in [-0.05, 0) is 6.42 Å². The lowest BCUT2D eigenvalue weighted by Crippen LogP contribution is -2.34. The first-order valence-electron chi connectivity index (χ1n) is 3.73. The van der Waals surface area contributed by atoms with Gasteiger partial charge < -0.3 is 4.74 Å². The van der Waals surface area contributed by atoms with Gasteiger partial charge in [0.2, 0.25) is 10.0 Å². The molecule has 1 saturated heterocycles. The van der Waals surface area contributed by atoms with Gasteiger partial charge in [-0.25, -0.2) is 13.1 Å². The molecule has 0 aromatic carbocycles. The zero-order valence-corrected chi connectivity index (χ0v) is 7.36. The van der Waals surface area contributed by atoms with E-state index < -0.39 is 10.0 Å². The molecule has 4 nitrogen and oxygen atoms in total. The van der Waals surface area contributed by atoms with E-state index in [1.165, 1.54) is 0 Å². The van der Waals surface area contributed by atoms with Gasteiger partial charge in [0.05, 0.1) is 6.61 Å². The third-order valence-corrected chi connectivity index (χ3v) is 3.61. The Hall–Kier alpha value is -0.130. The Bertz CT molecular complexity index is 206. The highest BCUT2D eigenvalue weighted by Gasteiger charge is 2.28. The van der Waals surface area contributed by atoms with Crippen LogP contribution in [0.15, 0.2) is 0 Å². The van der Waals surface area contributed by atoms with E-state index in [1.807, 2.05) is 0 Å². The molecule has 1 atom stereocenters. The fourth-order valence-corrected chi connectivity index (χ4v) is 2.40. The van der Waals surface area contributed by atoms with E-state index in [2.05, 4.69) is 4.72 Å². The van der Waals surface area contributed by atoms with Gasteiger partial charge in [-0.2, -0.15) is 0 Å². The maximum atomic E-state index is 11.2. The Labute approximate surface area is 67.0 Å². The lowest BCUT2D eigenvalue weighted by atomic mass is 10.4. The summed E-state index contributed by atoms with van der Waals surface area (Å²) < 4.78 is 29.9. The molecule has 1 heterocycles. The molecule has 0 aromatic heterocycles. The molecule has 0 saturated carbocycles. The van der Waals surface area contributed by atoms with Gasteiger partial charge in [-0.15, -0.1) is 0 Å². The summed E-state index contributed by atoms with van der Waals surface area (Å²) >= 11 is 0. The van der Waals surface area contributed by atoms with E-state index in [1.54, 1.807) is 6.92 Å². The van der Waals surface area contributed by atoms with Crippen LogP contribution in [-0.4, -0.2) is 33.4 Å². The molecule has 0 aliphatic carbocycles. The summed E-state index contributed by atoms with van der Waals surface area (Å²) in [7, 11) is -3.09. The highest BCUT2D eigenvalue weighted by molar-refractivity contribution is 7.90. The van der Waals surface area contributed by atoms with Crippen LogP contribution in [0.1, 0.15) is 13.3 Å². The standard InChI is InChI=1S/C6H13NO3S/c1-2-7-11(8,9)6-3-4-10-5-6/h6-7H,2-5H2,1H3/t6-/m0/s1. The third kappa shape index (κ3) is 2.15. The highest BCUT2D eigenvalue weighted by Crippen LogP contribution is 2.11. The summed E-state index contributed by atoms with van der Waals surface area (Å²) in [6.07, 6.45) is 0.620. The Balaban J connectivity index is 2.56. The van der Waals surface area contributed by atoms with Crippen LogP contribution in [0.4, 0.5) is 0 Å². The summed E-state index contributed by atoms with van der Waals surface area (Å²) in [5.41, 5.74) is 0. The van der Waals surface area contributed by atoms with Crippen molar-refractivity contribution in [3.05, 3.63) is 0 Å². The van der Waals surface area contributed by atoms with Crippen LogP contribution in [0, 0.1) is 0 Å². The molecule has 0 radical (unpaired) electrons. The van der Waals surface area contributed by atoms with Crippen LogP contribution in [0.2, 0.25) is 0 Å². The quantitative estimate of drug-likeness (QED) is 0.648. The average molecular weight is 179 g/mol. The van der Waals surface area contributed by atoms with Crippen molar-refractivity contribution in [3.8, 4) is 0 Å². The lowest BCUT2D eigenvalue weighted by molar-refractivity contribution is 0.198. The predicted molar refractivity (Wildman–Crippen MR) is 41.8 cm³/mol. The fourth-order valence-electron chi connectivity index (χ4n) is 1.08. The summed E-state index contributed by atoms with van der Waals surface area (Å²) in [6, 6.07) is 0. The van der Waals surface area contributed by atoms with Gasteiger partial charge in [0.25, 0.3) is 0 Å². The second-order valence-corrected chi connectivity index (χ2v) is 4.57. The Kier molecular flexibility index (Phi) is 2.86. The van der Waals surface area contributed by atoms with Crippen LogP contribution in [0.3, 0.4) is 0 Å². The third-order valence-electron chi connectivity index (χ3n) is 1.67. The van der Waals surface area contributed by atoms with Crippen LogP contribution < -0.4 is 4.72 Å². The maximum Gasteiger partial charge on any atom is 0.216 e. The number of sulfonamides is 1. The number of nitrogens with one attached hydrogen (secondary N) is 1. The highest BCUT2D eigenvalue weighted by atomic mass is 32.2. The molecule has 0 bridgehead atoms. The molecule has 0 amide bonds. The zero-order valence-electron chi connectivity index (χ0n) is 6.54. The summed E-state index contributed by atoms with van der Waals surface area (Å²) in [5.74, 6) is 0. The van der Waals surface area contributed by atoms with Gasteiger partial charge >= 0.3 is 0 Å². The number of hydrogen-bond acceptors (Lipinski definition) is 3. The van der Waals surface area contributed by atoms with Crippen molar-refractivity contribution < 1.29 is 13.2 Å². The minimum Gasteiger partial charge on any atom is -0.380 e. The van der Waals surface area contributed by atoms with Crippen molar-refractivity contribution in [3.63, 3.8) is 0 Å². The Morgan fingerprint density at radius 1 is 1.64 bits per heavy atom. The normalized spacial score (nSPS) is 25.7. The van der Waals surface area contributed by atoms with Gasteiger partial charge in [0, 0.05) is 13.2 Å². The number of rotatable bonds is 3. The van der Waals surface area contributed by atoms with Crippen LogP contribution >= 0.6 is 0 Å². The maximum absolute atomic E-state index is 11.2. The molecule has 0 aromatic rings. The summed E-state index contributed by atoms with van der Waals surface area (Å²) in [4.78, 5) is 0. The molecule has 1 aliphatic heterocycles. The van der Waals surface area contributed by atoms with Crippen LogP contribution in [-0.2, 0) is 14.8 Å². The Morgan fingerprint density at radius 3 is 2.82 bits per heavy atom. The molecular weight excluding hydrogens is 166 g/mol. The summed E-state index contributed by atoms with van der Waals surface area (Å²) in [5, 5.41) is -0.331. The lowest BCUT2D eigenvalue weighted by Gasteiger charge is -2.08. The van der Waals surface area contributed by atoms with E-state index in [9.17, 15) is 8.42 Å². The van der Waals surface area contributed by atoms with Crippen molar-refractivity contribution in [1.82, 2.24) is 4.72 Å². The Morgan fingerprint density at radius 2 is 2.36 bits per heavy atom. The zero-order chi connectivity index (χ0) is 8.32. The SMILES string of the molecule is CCNS(=O)(=O)[C@H]1CCOC1. The van der Waals surface area contributed by atoms with Crippen molar-refractivity contribution in [2.75, 3.05) is 19.8 Å². The van der Waals surface area contributed by atoms with Gasteiger partial charge in [0.15, 0.2) is 0 Å². The smallest absolute Gasteiger partial charge is 0.216 e. The van der Waals surface area contributed by atoms with E-state index in [-0.39, 0.29) is 5.25 Å². The van der Waals surface area contributed by atoms with Crippen molar-refractivity contribution in [2.45, 2.75) is 18.6 Å². The van der Waals surface area contributed by atoms with Gasteiger partial charge in [-0.3, -0.25) is 0 Å². The predicted octanol–water partition coefficient (Wildman–Crippen LogP) is -0.285. The van der Waals surface area contributed by atoms with Crippen LogP contribution in [0.25, 0.3) is 0 Å². The monoisotopic (exact) mass is 179 g/mol. The minimum absolute atomic E-state index is 0.331. The van der Waals surface area contributed by atoms with E-state index in [0.717, 1.165) is 0 Å². The molecule has 11 heavy (non-hydrogen) atoms. The van der Waals surface area contributed by atoms with Crippen molar-refractivity contribution in [1.29, 1.82) is 0 Å². The molecule has 1 N–H and O–H groups in total. The molecule has 1 fully saturated rings. The van der Waals surface area contributed by atoms with E-state index in [4.69, 9.17) is 4.74 Å². The van der Waals surface area contributed by atoms with Crippen molar-refractivity contribution in [2.24, 2.45) is 0 Å². The molecule has 1 rings (SSSR count). The summed E-state index contributed by atoms with van der Waals surface area (Å²) in [6.45, 7) is 3.14. The first-order valence-corrected chi connectivity index (χ1v) is 5.27. The minimum atomic E-state index is -3.09. The van der Waals surface area contributed by atoms with Crippen molar-refractivity contribution >= 4 is 10.0 Å². The molecule has 0 spiro atoms. The second kappa shape index (κ2) is 3.51. The topological polar surface area (TPSA) is 55.4 Å². The first-order chi connectivity index (χ1) is 5.17.